The maximum Gasteiger partial charge on any atom is 0.229 e. The number of amides is 2. The Morgan fingerprint density at radius 2 is 1.96 bits per heavy atom. The molecule has 0 spiro atoms. The van der Waals surface area contributed by atoms with Crippen LogP contribution in [-0.4, -0.2) is 29.3 Å². The number of aryl methyl sites for hydroxylation is 2. The number of hydrogen-bond donors (Lipinski definition) is 1. The second kappa shape index (κ2) is 7.19. The SMILES string of the molecule is Cc1ccc(NC(=O)[C@@H]2CC(=O)N([C@@H]3CCC[C@H](C)[C@@H]3C)C2)c(C)c1. The van der Waals surface area contributed by atoms with Gasteiger partial charge >= 0.3 is 0 Å². The molecule has 1 N–H and O–H groups in total. The first-order valence-corrected chi connectivity index (χ1v) is 9.54. The van der Waals surface area contributed by atoms with Crippen molar-refractivity contribution in [3.63, 3.8) is 0 Å². The molecule has 0 unspecified atom stereocenters. The molecule has 1 aromatic rings. The van der Waals surface area contributed by atoms with Crippen LogP contribution in [0.1, 0.15) is 50.7 Å². The Morgan fingerprint density at radius 1 is 1.20 bits per heavy atom. The van der Waals surface area contributed by atoms with E-state index in [1.807, 2.05) is 30.9 Å². The van der Waals surface area contributed by atoms with Gasteiger partial charge in [-0.05, 0) is 43.7 Å². The number of likely N-dealkylation sites (tertiary alicyclic amines) is 1. The smallest absolute Gasteiger partial charge is 0.229 e. The molecule has 3 rings (SSSR count). The summed E-state index contributed by atoms with van der Waals surface area (Å²) in [6.45, 7) is 9.14. The molecule has 136 valence electrons. The van der Waals surface area contributed by atoms with Crippen LogP contribution in [0, 0.1) is 31.6 Å². The Morgan fingerprint density at radius 3 is 2.68 bits per heavy atom. The topological polar surface area (TPSA) is 49.4 Å². The molecule has 2 fully saturated rings. The number of carbonyl (C=O) groups is 2. The summed E-state index contributed by atoms with van der Waals surface area (Å²) in [4.78, 5) is 27.2. The third-order valence-corrected chi connectivity index (χ3v) is 6.23. The van der Waals surface area contributed by atoms with E-state index in [-0.39, 0.29) is 17.7 Å². The van der Waals surface area contributed by atoms with E-state index < -0.39 is 0 Å². The number of hydrogen-bond acceptors (Lipinski definition) is 2. The van der Waals surface area contributed by atoms with Crippen molar-refractivity contribution < 1.29 is 9.59 Å². The van der Waals surface area contributed by atoms with E-state index in [9.17, 15) is 9.59 Å². The fraction of sp³-hybridized carbons (Fsp3) is 0.619. The monoisotopic (exact) mass is 342 g/mol. The third kappa shape index (κ3) is 3.73. The van der Waals surface area contributed by atoms with Crippen LogP contribution in [0.3, 0.4) is 0 Å². The normalized spacial score (nSPS) is 29.8. The fourth-order valence-electron chi connectivity index (χ4n) is 4.41. The van der Waals surface area contributed by atoms with E-state index in [1.54, 1.807) is 0 Å². The van der Waals surface area contributed by atoms with Crippen LogP contribution in [0.4, 0.5) is 5.69 Å². The summed E-state index contributed by atoms with van der Waals surface area (Å²) in [6.07, 6.45) is 3.84. The van der Waals surface area contributed by atoms with E-state index in [0.717, 1.165) is 17.7 Å². The first-order chi connectivity index (χ1) is 11.9. The van der Waals surface area contributed by atoms with Gasteiger partial charge in [-0.15, -0.1) is 0 Å². The zero-order chi connectivity index (χ0) is 18.1. The molecule has 1 aromatic carbocycles. The second-order valence-corrected chi connectivity index (χ2v) is 8.09. The summed E-state index contributed by atoms with van der Waals surface area (Å²) in [5.41, 5.74) is 3.09. The summed E-state index contributed by atoms with van der Waals surface area (Å²) in [7, 11) is 0. The Labute approximate surface area is 151 Å². The van der Waals surface area contributed by atoms with Crippen LogP contribution in [0.15, 0.2) is 18.2 Å². The van der Waals surface area contributed by atoms with Crippen molar-refractivity contribution in [3.8, 4) is 0 Å². The largest absolute Gasteiger partial charge is 0.339 e. The van der Waals surface area contributed by atoms with Gasteiger partial charge in [0.2, 0.25) is 11.8 Å². The summed E-state index contributed by atoms with van der Waals surface area (Å²) in [5.74, 6) is 1.04. The van der Waals surface area contributed by atoms with E-state index in [4.69, 9.17) is 0 Å². The highest BCUT2D eigenvalue weighted by atomic mass is 16.2. The summed E-state index contributed by atoms with van der Waals surface area (Å²) >= 11 is 0. The quantitative estimate of drug-likeness (QED) is 0.905. The van der Waals surface area contributed by atoms with Crippen molar-refractivity contribution in [2.45, 2.75) is 59.4 Å². The Balaban J connectivity index is 1.66. The molecule has 4 heteroatoms. The van der Waals surface area contributed by atoms with Gasteiger partial charge in [0.15, 0.2) is 0 Å². The molecule has 4 atom stereocenters. The number of carbonyl (C=O) groups excluding carboxylic acids is 2. The first kappa shape index (κ1) is 18.0. The summed E-state index contributed by atoms with van der Waals surface area (Å²) in [6, 6.07) is 6.31. The average Bonchev–Trinajstić information content (AvgIpc) is 2.94. The van der Waals surface area contributed by atoms with Crippen molar-refractivity contribution >= 4 is 17.5 Å². The summed E-state index contributed by atoms with van der Waals surface area (Å²) < 4.78 is 0. The zero-order valence-electron chi connectivity index (χ0n) is 15.8. The molecule has 1 aliphatic heterocycles. The molecule has 25 heavy (non-hydrogen) atoms. The van der Waals surface area contributed by atoms with Crippen molar-refractivity contribution in [1.29, 1.82) is 0 Å². The minimum Gasteiger partial charge on any atom is -0.339 e. The predicted molar refractivity (Wildman–Crippen MR) is 100 cm³/mol. The third-order valence-electron chi connectivity index (χ3n) is 6.23. The Bertz CT molecular complexity index is 670. The van der Waals surface area contributed by atoms with E-state index in [0.29, 0.717) is 30.8 Å². The van der Waals surface area contributed by atoms with Crippen LogP contribution in [-0.2, 0) is 9.59 Å². The minimum atomic E-state index is -0.238. The van der Waals surface area contributed by atoms with E-state index >= 15 is 0 Å². The predicted octanol–water partition coefficient (Wildman–Crippen LogP) is 3.92. The average molecular weight is 342 g/mol. The van der Waals surface area contributed by atoms with Gasteiger partial charge in [0.25, 0.3) is 0 Å². The van der Waals surface area contributed by atoms with Crippen LogP contribution >= 0.6 is 0 Å². The highest BCUT2D eigenvalue weighted by Gasteiger charge is 2.41. The highest BCUT2D eigenvalue weighted by Crippen LogP contribution is 2.36. The molecule has 1 saturated carbocycles. The fourth-order valence-corrected chi connectivity index (χ4v) is 4.41. The van der Waals surface area contributed by atoms with Gasteiger partial charge in [-0.3, -0.25) is 9.59 Å². The lowest BCUT2D eigenvalue weighted by atomic mass is 9.77. The molecule has 1 saturated heterocycles. The molecule has 2 aliphatic rings. The van der Waals surface area contributed by atoms with Crippen LogP contribution in [0.25, 0.3) is 0 Å². The number of anilines is 1. The molecule has 1 aliphatic carbocycles. The number of nitrogens with zero attached hydrogens (tertiary/aromatic N) is 1. The Kier molecular flexibility index (Phi) is 5.16. The van der Waals surface area contributed by atoms with Gasteiger partial charge in [-0.1, -0.05) is 44.4 Å². The van der Waals surface area contributed by atoms with Crippen molar-refractivity contribution in [1.82, 2.24) is 4.90 Å². The summed E-state index contributed by atoms with van der Waals surface area (Å²) in [5, 5.41) is 3.03. The van der Waals surface area contributed by atoms with Gasteiger partial charge in [0.05, 0.1) is 5.92 Å². The molecule has 0 radical (unpaired) electrons. The molecule has 4 nitrogen and oxygen atoms in total. The van der Waals surface area contributed by atoms with Gasteiger partial charge in [0.1, 0.15) is 0 Å². The van der Waals surface area contributed by atoms with E-state index in [1.165, 1.54) is 18.4 Å². The van der Waals surface area contributed by atoms with Crippen molar-refractivity contribution in [2.24, 2.45) is 17.8 Å². The maximum absolute atomic E-state index is 12.7. The van der Waals surface area contributed by atoms with Gasteiger partial charge in [-0.2, -0.15) is 0 Å². The lowest BCUT2D eigenvalue weighted by molar-refractivity contribution is -0.131. The molecular weight excluding hydrogens is 312 g/mol. The van der Waals surface area contributed by atoms with Crippen molar-refractivity contribution in [3.05, 3.63) is 29.3 Å². The van der Waals surface area contributed by atoms with Gasteiger partial charge < -0.3 is 10.2 Å². The molecule has 2 amide bonds. The Hall–Kier alpha value is -1.84. The van der Waals surface area contributed by atoms with Gasteiger partial charge in [0, 0.05) is 24.7 Å². The molecule has 0 aromatic heterocycles. The molecule has 0 bridgehead atoms. The van der Waals surface area contributed by atoms with Crippen LogP contribution in [0.5, 0.6) is 0 Å². The molecule has 1 heterocycles. The van der Waals surface area contributed by atoms with Crippen molar-refractivity contribution in [2.75, 3.05) is 11.9 Å². The maximum atomic E-state index is 12.7. The number of nitrogens with one attached hydrogen (secondary N) is 1. The minimum absolute atomic E-state index is 0.0284. The van der Waals surface area contributed by atoms with E-state index in [2.05, 4.69) is 25.2 Å². The second-order valence-electron chi connectivity index (χ2n) is 8.09. The zero-order valence-corrected chi connectivity index (χ0v) is 15.8. The number of rotatable bonds is 3. The van der Waals surface area contributed by atoms with Gasteiger partial charge in [-0.25, -0.2) is 0 Å². The van der Waals surface area contributed by atoms with Crippen LogP contribution < -0.4 is 5.32 Å². The molecular formula is C21H30N2O2. The van der Waals surface area contributed by atoms with Crippen LogP contribution in [0.2, 0.25) is 0 Å². The number of benzene rings is 1. The lowest BCUT2D eigenvalue weighted by Crippen LogP contribution is -2.45. The highest BCUT2D eigenvalue weighted by molar-refractivity contribution is 5.97. The lowest BCUT2D eigenvalue weighted by Gasteiger charge is -2.40. The first-order valence-electron chi connectivity index (χ1n) is 9.54. The standard InChI is InChI=1S/C21H30N2O2/c1-13-8-9-18(15(3)10-13)22-21(25)17-11-20(24)23(12-17)19-7-5-6-14(2)16(19)4/h8-10,14,16-17,19H,5-7,11-12H2,1-4H3,(H,22,25)/t14-,16-,17+,19+/m0/s1.